The lowest BCUT2D eigenvalue weighted by molar-refractivity contribution is -0.151. The molecule has 0 aromatic carbocycles. The van der Waals surface area contributed by atoms with Crippen LogP contribution in [0.25, 0.3) is 0 Å². The molecule has 0 aromatic heterocycles. The smallest absolute Gasteiger partial charge is 0.326 e. The Morgan fingerprint density at radius 1 is 1.40 bits per heavy atom. The molecule has 0 fully saturated rings. The summed E-state index contributed by atoms with van der Waals surface area (Å²) in [6.45, 7) is 5.87. The molecule has 3 heteroatoms. The normalized spacial score (nSPS) is 12.4. The second-order valence-corrected chi connectivity index (χ2v) is 3.29. The van der Waals surface area contributed by atoms with Crippen LogP contribution >= 0.6 is 0 Å². The number of nitriles is 1. The molecule has 0 bridgehead atoms. The van der Waals surface area contributed by atoms with E-state index in [0.29, 0.717) is 13.0 Å². The van der Waals surface area contributed by atoms with Crippen molar-refractivity contribution in [1.82, 2.24) is 0 Å². The molecule has 1 atom stereocenters. The number of unbranched alkanes of at least 4 members (excludes halogenated alkanes) is 1. The Balaban J connectivity index is -0.000000720. The minimum Gasteiger partial charge on any atom is -0.465 e. The summed E-state index contributed by atoms with van der Waals surface area (Å²) < 4.78 is 4.97. The second-order valence-electron chi connectivity index (χ2n) is 3.29. The summed E-state index contributed by atoms with van der Waals surface area (Å²) in [7, 11) is 0. The molecule has 0 aliphatic rings. The summed E-state index contributed by atoms with van der Waals surface area (Å²) in [5, 5.41) is 8.76. The molecule has 15 heavy (non-hydrogen) atoms. The Kier molecular flexibility index (Phi) is 12.4. The third-order valence-electron chi connectivity index (χ3n) is 2.14. The molecule has 0 spiro atoms. The Labute approximate surface area is 94.4 Å². The van der Waals surface area contributed by atoms with Crippen molar-refractivity contribution < 1.29 is 9.53 Å². The molecule has 0 N–H and O–H groups in total. The maximum atomic E-state index is 11.4. The molecule has 0 heterocycles. The third kappa shape index (κ3) is 6.11. The summed E-state index contributed by atoms with van der Waals surface area (Å²) in [5.41, 5.74) is -0.965. The summed E-state index contributed by atoms with van der Waals surface area (Å²) in [4.78, 5) is 11.4. The van der Waals surface area contributed by atoms with E-state index >= 15 is 0 Å². The van der Waals surface area contributed by atoms with Crippen molar-refractivity contribution in [3.05, 3.63) is 0 Å². The first kappa shape index (κ1) is 19.5. The fourth-order valence-corrected chi connectivity index (χ4v) is 0.738. The lowest BCUT2D eigenvalue weighted by atomic mass is 9.90. The molecule has 3 nitrogen and oxygen atoms in total. The lowest BCUT2D eigenvalue weighted by Crippen LogP contribution is -2.27. The number of carbonyl (C=O) groups excluding carboxylic acids is 1. The molecule has 0 saturated heterocycles. The van der Waals surface area contributed by atoms with Gasteiger partial charge in [0, 0.05) is 0 Å². The Hall–Kier alpha value is -1.04. The van der Waals surface area contributed by atoms with Crippen molar-refractivity contribution in [2.75, 3.05) is 6.61 Å². The number of rotatable bonds is 5. The van der Waals surface area contributed by atoms with Gasteiger partial charge in [-0.25, -0.2) is 0 Å². The van der Waals surface area contributed by atoms with E-state index in [1.54, 1.807) is 6.92 Å². The quantitative estimate of drug-likeness (QED) is 0.520. The monoisotopic (exact) mass is 215 g/mol. The molecular weight excluding hydrogens is 190 g/mol. The number of esters is 1. The molecule has 0 aliphatic heterocycles. The number of nitrogens with zero attached hydrogens (tertiary/aromatic N) is 1. The van der Waals surface area contributed by atoms with Gasteiger partial charge in [0.15, 0.2) is 5.41 Å². The molecule has 0 aliphatic carbocycles. The molecular formula is C12H25NO2. The molecule has 0 radical (unpaired) electrons. The van der Waals surface area contributed by atoms with Crippen LogP contribution in [0.2, 0.25) is 0 Å². The van der Waals surface area contributed by atoms with Gasteiger partial charge in [-0.05, 0) is 19.8 Å². The molecule has 90 valence electrons. The van der Waals surface area contributed by atoms with Gasteiger partial charge < -0.3 is 4.74 Å². The van der Waals surface area contributed by atoms with Crippen LogP contribution in [0, 0.1) is 16.7 Å². The van der Waals surface area contributed by atoms with Crippen LogP contribution in [0.3, 0.4) is 0 Å². The van der Waals surface area contributed by atoms with Crippen LogP contribution in [-0.2, 0) is 9.53 Å². The van der Waals surface area contributed by atoms with Crippen molar-refractivity contribution in [1.29, 1.82) is 5.26 Å². The van der Waals surface area contributed by atoms with Gasteiger partial charge in [-0.2, -0.15) is 5.26 Å². The van der Waals surface area contributed by atoms with Gasteiger partial charge in [0.05, 0.1) is 12.7 Å². The first-order valence-corrected chi connectivity index (χ1v) is 4.69. The molecule has 0 rings (SSSR count). The lowest BCUT2D eigenvalue weighted by Gasteiger charge is -2.17. The second kappa shape index (κ2) is 9.51. The van der Waals surface area contributed by atoms with Crippen LogP contribution in [0.4, 0.5) is 0 Å². The standard InChI is InChI=1S/C10H17NO2.2CH4/c1-4-6-7-13-9(12)10(3,5-2)8-11;;/h4-7H2,1-3H3;2*1H4. The number of carbonyl (C=O) groups is 1. The van der Waals surface area contributed by atoms with Crippen molar-refractivity contribution >= 4 is 5.97 Å². The van der Waals surface area contributed by atoms with Gasteiger partial charge in [-0.1, -0.05) is 35.1 Å². The topological polar surface area (TPSA) is 50.1 Å². The Morgan fingerprint density at radius 3 is 2.27 bits per heavy atom. The van der Waals surface area contributed by atoms with Gasteiger partial charge in [0.1, 0.15) is 0 Å². The van der Waals surface area contributed by atoms with Crippen LogP contribution < -0.4 is 0 Å². The molecule has 0 aromatic rings. The van der Waals surface area contributed by atoms with Crippen molar-refractivity contribution in [2.45, 2.75) is 54.9 Å². The highest BCUT2D eigenvalue weighted by atomic mass is 16.5. The highest BCUT2D eigenvalue weighted by Gasteiger charge is 2.32. The summed E-state index contributed by atoms with van der Waals surface area (Å²) in [5.74, 6) is -0.397. The van der Waals surface area contributed by atoms with Gasteiger partial charge in [-0.15, -0.1) is 0 Å². The zero-order valence-electron chi connectivity index (χ0n) is 8.59. The van der Waals surface area contributed by atoms with Gasteiger partial charge in [0.25, 0.3) is 0 Å². The number of hydrogen-bond donors (Lipinski definition) is 0. The maximum absolute atomic E-state index is 11.4. The zero-order chi connectivity index (χ0) is 10.3. The number of hydrogen-bond acceptors (Lipinski definition) is 3. The van der Waals surface area contributed by atoms with E-state index in [0.717, 1.165) is 12.8 Å². The Bertz CT molecular complexity index is 208. The van der Waals surface area contributed by atoms with Crippen LogP contribution in [0.15, 0.2) is 0 Å². The van der Waals surface area contributed by atoms with E-state index in [-0.39, 0.29) is 14.9 Å². The predicted molar refractivity (Wildman–Crippen MR) is 63.3 cm³/mol. The first-order chi connectivity index (χ1) is 6.10. The minimum absolute atomic E-state index is 0. The van der Waals surface area contributed by atoms with Gasteiger partial charge in [-0.3, -0.25) is 4.79 Å². The van der Waals surface area contributed by atoms with Crippen molar-refractivity contribution in [3.63, 3.8) is 0 Å². The fourth-order valence-electron chi connectivity index (χ4n) is 0.738. The fraction of sp³-hybridized carbons (Fsp3) is 0.833. The van der Waals surface area contributed by atoms with Crippen molar-refractivity contribution in [2.24, 2.45) is 5.41 Å². The highest BCUT2D eigenvalue weighted by Crippen LogP contribution is 2.21. The van der Waals surface area contributed by atoms with E-state index in [2.05, 4.69) is 0 Å². The predicted octanol–water partition coefficient (Wildman–Crippen LogP) is 3.54. The van der Waals surface area contributed by atoms with Gasteiger partial charge in [0.2, 0.25) is 0 Å². The summed E-state index contributed by atoms with van der Waals surface area (Å²) in [6.07, 6.45) is 2.34. The van der Waals surface area contributed by atoms with E-state index < -0.39 is 11.4 Å². The average Bonchev–Trinajstić information content (AvgIpc) is 2.17. The highest BCUT2D eigenvalue weighted by molar-refractivity contribution is 5.79. The van der Waals surface area contributed by atoms with Crippen LogP contribution in [0.1, 0.15) is 54.9 Å². The molecule has 1 unspecified atom stereocenters. The van der Waals surface area contributed by atoms with Gasteiger partial charge >= 0.3 is 5.97 Å². The first-order valence-electron chi connectivity index (χ1n) is 4.69. The average molecular weight is 215 g/mol. The Morgan fingerprint density at radius 2 is 1.93 bits per heavy atom. The van der Waals surface area contributed by atoms with E-state index in [4.69, 9.17) is 10.00 Å². The van der Waals surface area contributed by atoms with Crippen LogP contribution in [0.5, 0.6) is 0 Å². The maximum Gasteiger partial charge on any atom is 0.326 e. The van der Waals surface area contributed by atoms with E-state index in [1.165, 1.54) is 0 Å². The third-order valence-corrected chi connectivity index (χ3v) is 2.14. The number of ether oxygens (including phenoxy) is 1. The summed E-state index contributed by atoms with van der Waals surface area (Å²) >= 11 is 0. The SMILES string of the molecule is C.C.CCCCOC(=O)C(C)(C#N)CC. The molecule has 0 amide bonds. The minimum atomic E-state index is -0.965. The molecule has 0 saturated carbocycles. The largest absolute Gasteiger partial charge is 0.465 e. The zero-order valence-corrected chi connectivity index (χ0v) is 8.59. The van der Waals surface area contributed by atoms with E-state index in [1.807, 2.05) is 19.9 Å². The van der Waals surface area contributed by atoms with E-state index in [9.17, 15) is 4.79 Å². The summed E-state index contributed by atoms with van der Waals surface area (Å²) in [6, 6.07) is 1.98. The van der Waals surface area contributed by atoms with Crippen molar-refractivity contribution in [3.8, 4) is 6.07 Å². The van der Waals surface area contributed by atoms with Crippen LogP contribution in [-0.4, -0.2) is 12.6 Å².